The quantitative estimate of drug-likeness (QED) is 0.583. The fourth-order valence-electron chi connectivity index (χ4n) is 1.69. The van der Waals surface area contributed by atoms with E-state index in [2.05, 4.69) is 0 Å². The molecular weight excluding hydrogens is 244 g/mol. The molecule has 0 radical (unpaired) electrons. The summed E-state index contributed by atoms with van der Waals surface area (Å²) in [4.78, 5) is 22.9. The number of hydrogen-bond acceptors (Lipinski definition) is 4. The predicted octanol–water partition coefficient (Wildman–Crippen LogP) is 2.45. The molecule has 0 aliphatic carbocycles. The molecule has 0 bridgehead atoms. The molecule has 0 saturated carbocycles. The smallest absolute Gasteiger partial charge is 0.330 e. The van der Waals surface area contributed by atoms with Crippen LogP contribution in [0.2, 0.25) is 0 Å². The summed E-state index contributed by atoms with van der Waals surface area (Å²) < 4.78 is 9.56. The number of esters is 2. The monoisotopic (exact) mass is 262 g/mol. The van der Waals surface area contributed by atoms with E-state index in [1.54, 1.807) is 13.0 Å². The number of methoxy groups -OCH3 is 1. The molecule has 4 nitrogen and oxygen atoms in total. The molecule has 4 heteroatoms. The highest BCUT2D eigenvalue weighted by molar-refractivity contribution is 5.82. The lowest BCUT2D eigenvalue weighted by Gasteiger charge is -2.12. The van der Waals surface area contributed by atoms with Gasteiger partial charge >= 0.3 is 11.9 Å². The van der Waals surface area contributed by atoms with Crippen molar-refractivity contribution in [2.24, 2.45) is 0 Å². The SMILES string of the molecule is CCOC(=O)/C=C/CC(C(=O)OC)c1ccccc1. The second-order valence-electron chi connectivity index (χ2n) is 3.88. The van der Waals surface area contributed by atoms with Gasteiger partial charge < -0.3 is 9.47 Å². The van der Waals surface area contributed by atoms with E-state index in [1.165, 1.54) is 13.2 Å². The second-order valence-corrected chi connectivity index (χ2v) is 3.88. The molecule has 0 N–H and O–H groups in total. The summed E-state index contributed by atoms with van der Waals surface area (Å²) in [7, 11) is 1.35. The van der Waals surface area contributed by atoms with Crippen molar-refractivity contribution in [3.8, 4) is 0 Å². The maximum Gasteiger partial charge on any atom is 0.330 e. The third-order valence-electron chi connectivity index (χ3n) is 2.60. The molecule has 1 aromatic rings. The molecule has 0 fully saturated rings. The second kappa shape index (κ2) is 8.08. The van der Waals surface area contributed by atoms with Crippen molar-refractivity contribution < 1.29 is 19.1 Å². The van der Waals surface area contributed by atoms with Crippen LogP contribution in [0.3, 0.4) is 0 Å². The number of carbonyl (C=O) groups is 2. The highest BCUT2D eigenvalue weighted by Gasteiger charge is 2.19. The van der Waals surface area contributed by atoms with Gasteiger partial charge in [0.15, 0.2) is 0 Å². The third kappa shape index (κ3) is 4.95. The summed E-state index contributed by atoms with van der Waals surface area (Å²) >= 11 is 0. The van der Waals surface area contributed by atoms with Crippen molar-refractivity contribution in [2.75, 3.05) is 13.7 Å². The molecule has 1 rings (SSSR count). The molecule has 0 aliphatic rings. The van der Waals surface area contributed by atoms with Gasteiger partial charge in [0.2, 0.25) is 0 Å². The maximum absolute atomic E-state index is 11.7. The molecule has 19 heavy (non-hydrogen) atoms. The van der Waals surface area contributed by atoms with E-state index in [-0.39, 0.29) is 5.97 Å². The molecule has 102 valence electrons. The Morgan fingerprint density at radius 3 is 2.53 bits per heavy atom. The molecule has 0 amide bonds. The molecule has 1 unspecified atom stereocenters. The highest BCUT2D eigenvalue weighted by atomic mass is 16.5. The Bertz CT molecular complexity index is 437. The van der Waals surface area contributed by atoms with E-state index in [9.17, 15) is 9.59 Å². The largest absolute Gasteiger partial charge is 0.469 e. The fourth-order valence-corrected chi connectivity index (χ4v) is 1.69. The van der Waals surface area contributed by atoms with Crippen molar-refractivity contribution in [1.29, 1.82) is 0 Å². The molecular formula is C15H18O4. The van der Waals surface area contributed by atoms with Gasteiger partial charge in [0.25, 0.3) is 0 Å². The third-order valence-corrected chi connectivity index (χ3v) is 2.60. The first-order valence-electron chi connectivity index (χ1n) is 6.15. The Morgan fingerprint density at radius 1 is 1.26 bits per heavy atom. The van der Waals surface area contributed by atoms with Gasteiger partial charge in [0.1, 0.15) is 0 Å². The summed E-state index contributed by atoms with van der Waals surface area (Å²) in [5.41, 5.74) is 0.864. The van der Waals surface area contributed by atoms with Gasteiger partial charge in [0, 0.05) is 6.08 Å². The van der Waals surface area contributed by atoms with E-state index in [0.717, 1.165) is 5.56 Å². The van der Waals surface area contributed by atoms with Crippen molar-refractivity contribution in [3.63, 3.8) is 0 Å². The Kier molecular flexibility index (Phi) is 6.36. The van der Waals surface area contributed by atoms with Crippen molar-refractivity contribution in [3.05, 3.63) is 48.0 Å². The number of carbonyl (C=O) groups excluding carboxylic acids is 2. The van der Waals surface area contributed by atoms with E-state index in [0.29, 0.717) is 13.0 Å². The Hall–Kier alpha value is -2.10. The molecule has 1 atom stereocenters. The van der Waals surface area contributed by atoms with Crippen LogP contribution in [-0.2, 0) is 19.1 Å². The molecule has 0 aliphatic heterocycles. The van der Waals surface area contributed by atoms with Crippen LogP contribution in [0.15, 0.2) is 42.5 Å². The number of hydrogen-bond donors (Lipinski definition) is 0. The van der Waals surface area contributed by atoms with E-state index in [1.807, 2.05) is 30.3 Å². The first-order valence-corrected chi connectivity index (χ1v) is 6.15. The van der Waals surface area contributed by atoms with Gasteiger partial charge in [-0.25, -0.2) is 4.79 Å². The normalized spacial score (nSPS) is 12.1. The van der Waals surface area contributed by atoms with Gasteiger partial charge in [-0.2, -0.15) is 0 Å². The van der Waals surface area contributed by atoms with E-state index < -0.39 is 11.9 Å². The van der Waals surface area contributed by atoms with Gasteiger partial charge in [-0.1, -0.05) is 36.4 Å². The standard InChI is InChI=1S/C15H18O4/c1-3-19-14(16)11-7-10-13(15(17)18-2)12-8-5-4-6-9-12/h4-9,11,13H,3,10H2,1-2H3/b11-7+. The summed E-state index contributed by atoms with van der Waals surface area (Å²) in [5.74, 6) is -1.13. The van der Waals surface area contributed by atoms with Crippen LogP contribution in [0.1, 0.15) is 24.8 Å². The van der Waals surface area contributed by atoms with Crippen LogP contribution in [0.5, 0.6) is 0 Å². The van der Waals surface area contributed by atoms with E-state index in [4.69, 9.17) is 9.47 Å². The topological polar surface area (TPSA) is 52.6 Å². The lowest BCUT2D eigenvalue weighted by molar-refractivity contribution is -0.142. The number of benzene rings is 1. The first-order chi connectivity index (χ1) is 9.19. The first kappa shape index (κ1) is 15.0. The molecule has 1 aromatic carbocycles. The van der Waals surface area contributed by atoms with Crippen molar-refractivity contribution >= 4 is 11.9 Å². The number of rotatable bonds is 6. The number of allylic oxidation sites excluding steroid dienone is 1. The lowest BCUT2D eigenvalue weighted by Crippen LogP contribution is -2.13. The van der Waals surface area contributed by atoms with E-state index >= 15 is 0 Å². The highest BCUT2D eigenvalue weighted by Crippen LogP contribution is 2.21. The van der Waals surface area contributed by atoms with Crippen LogP contribution in [-0.4, -0.2) is 25.7 Å². The van der Waals surface area contributed by atoms with Gasteiger partial charge in [-0.15, -0.1) is 0 Å². The average molecular weight is 262 g/mol. The van der Waals surface area contributed by atoms with Crippen LogP contribution in [0.25, 0.3) is 0 Å². The Morgan fingerprint density at radius 2 is 1.95 bits per heavy atom. The number of ether oxygens (including phenoxy) is 2. The van der Waals surface area contributed by atoms with Gasteiger partial charge in [-0.3, -0.25) is 4.79 Å². The average Bonchev–Trinajstić information content (AvgIpc) is 2.44. The zero-order valence-electron chi connectivity index (χ0n) is 11.2. The molecule has 0 spiro atoms. The maximum atomic E-state index is 11.7. The molecule has 0 heterocycles. The fraction of sp³-hybridized carbons (Fsp3) is 0.333. The predicted molar refractivity (Wildman–Crippen MR) is 71.6 cm³/mol. The van der Waals surface area contributed by atoms with Gasteiger partial charge in [0.05, 0.1) is 19.6 Å². The zero-order valence-corrected chi connectivity index (χ0v) is 11.2. The summed E-state index contributed by atoms with van der Waals surface area (Å²) in [6.45, 7) is 2.08. The van der Waals surface area contributed by atoms with Gasteiger partial charge in [-0.05, 0) is 18.9 Å². The van der Waals surface area contributed by atoms with Crippen LogP contribution < -0.4 is 0 Å². The molecule has 0 saturated heterocycles. The summed E-state index contributed by atoms with van der Waals surface area (Å²) in [6.07, 6.45) is 3.37. The lowest BCUT2D eigenvalue weighted by atomic mass is 9.96. The van der Waals surface area contributed by atoms with Crippen LogP contribution >= 0.6 is 0 Å². The van der Waals surface area contributed by atoms with Crippen molar-refractivity contribution in [1.82, 2.24) is 0 Å². The summed E-state index contributed by atoms with van der Waals surface area (Å²) in [6, 6.07) is 9.33. The van der Waals surface area contributed by atoms with Crippen LogP contribution in [0, 0.1) is 0 Å². The minimum Gasteiger partial charge on any atom is -0.469 e. The van der Waals surface area contributed by atoms with Crippen molar-refractivity contribution in [2.45, 2.75) is 19.3 Å². The Labute approximate surface area is 113 Å². The zero-order chi connectivity index (χ0) is 14.1. The minimum atomic E-state index is -0.406. The minimum absolute atomic E-state index is 0.320. The Balaban J connectivity index is 2.72. The summed E-state index contributed by atoms with van der Waals surface area (Å²) in [5, 5.41) is 0. The van der Waals surface area contributed by atoms with Crippen LogP contribution in [0.4, 0.5) is 0 Å². The molecule has 0 aromatic heterocycles.